The molecule has 0 saturated heterocycles. The summed E-state index contributed by atoms with van der Waals surface area (Å²) in [7, 11) is 0. The molecular formula is C20H19Cl2NO5. The van der Waals surface area contributed by atoms with Gasteiger partial charge in [0.15, 0.2) is 6.61 Å². The minimum atomic E-state index is -1.05. The number of para-hydroxylation sites is 1. The van der Waals surface area contributed by atoms with Gasteiger partial charge in [-0.3, -0.25) is 4.79 Å². The molecule has 0 saturated carbocycles. The van der Waals surface area contributed by atoms with E-state index in [1.165, 1.54) is 17.5 Å². The van der Waals surface area contributed by atoms with Gasteiger partial charge in [0.05, 0.1) is 5.02 Å². The normalized spacial score (nSPS) is 10.2. The van der Waals surface area contributed by atoms with Crippen molar-refractivity contribution in [1.29, 1.82) is 0 Å². The lowest BCUT2D eigenvalue weighted by atomic mass is 10.2. The second kappa shape index (κ2) is 10.6. The number of fused-ring (bicyclic) bond motifs is 1. The molecule has 0 amide bonds. The summed E-state index contributed by atoms with van der Waals surface area (Å²) < 4.78 is 4.86. The largest absolute Gasteiger partial charge is 0.481 e. The van der Waals surface area contributed by atoms with Crippen molar-refractivity contribution in [3.8, 4) is 5.75 Å². The number of nitrogens with one attached hydrogen (secondary N) is 1. The van der Waals surface area contributed by atoms with Crippen LogP contribution in [0, 0.1) is 0 Å². The van der Waals surface area contributed by atoms with Gasteiger partial charge < -0.3 is 19.9 Å². The summed E-state index contributed by atoms with van der Waals surface area (Å²) in [5.74, 6) is -1.47. The summed E-state index contributed by atoms with van der Waals surface area (Å²) >= 11 is 11.3. The van der Waals surface area contributed by atoms with Crippen LogP contribution in [-0.2, 0) is 16.0 Å². The maximum Gasteiger partial charge on any atom is 0.341 e. The molecule has 0 fully saturated rings. The first-order valence-electron chi connectivity index (χ1n) is 8.43. The van der Waals surface area contributed by atoms with Crippen LogP contribution in [0.15, 0.2) is 48.5 Å². The van der Waals surface area contributed by atoms with Gasteiger partial charge in [-0.1, -0.05) is 41.4 Å². The first kappa shape index (κ1) is 21.6. The maximum atomic E-state index is 10.4. The van der Waals surface area contributed by atoms with Gasteiger partial charge in [-0.2, -0.15) is 0 Å². The number of carboxylic acid groups (broad SMARTS) is 2. The van der Waals surface area contributed by atoms with E-state index in [9.17, 15) is 9.59 Å². The fourth-order valence-electron chi connectivity index (χ4n) is 2.43. The average Bonchev–Trinajstić information content (AvgIpc) is 3.04. The average molecular weight is 424 g/mol. The topological polar surface area (TPSA) is 99.6 Å². The molecule has 3 aromatic rings. The molecule has 1 aromatic heterocycles. The smallest absolute Gasteiger partial charge is 0.341 e. The Morgan fingerprint density at radius 2 is 1.75 bits per heavy atom. The SMILES string of the molecule is O=C(O)CCCc1cc2ccccc2[nH]1.O=C(O)COc1ccc(Cl)cc1Cl. The summed E-state index contributed by atoms with van der Waals surface area (Å²) in [5, 5.41) is 18.8. The van der Waals surface area contributed by atoms with E-state index in [0.717, 1.165) is 17.6 Å². The highest BCUT2D eigenvalue weighted by molar-refractivity contribution is 6.35. The fourth-order valence-corrected chi connectivity index (χ4v) is 2.89. The van der Waals surface area contributed by atoms with Crippen LogP contribution in [0.5, 0.6) is 5.75 Å². The second-order valence-corrected chi connectivity index (χ2v) is 6.73. The van der Waals surface area contributed by atoms with Crippen molar-refractivity contribution in [3.63, 3.8) is 0 Å². The highest BCUT2D eigenvalue weighted by Crippen LogP contribution is 2.27. The lowest BCUT2D eigenvalue weighted by Crippen LogP contribution is -2.09. The Bertz CT molecular complexity index is 922. The van der Waals surface area contributed by atoms with Crippen LogP contribution in [0.2, 0.25) is 10.0 Å². The van der Waals surface area contributed by atoms with Gasteiger partial charge in [-0.15, -0.1) is 0 Å². The molecule has 0 bridgehead atoms. The summed E-state index contributed by atoms with van der Waals surface area (Å²) in [5.41, 5.74) is 2.22. The molecule has 3 rings (SSSR count). The minimum Gasteiger partial charge on any atom is -0.481 e. The molecule has 28 heavy (non-hydrogen) atoms. The van der Waals surface area contributed by atoms with E-state index in [1.807, 2.05) is 24.3 Å². The van der Waals surface area contributed by atoms with Crippen molar-refractivity contribution in [2.45, 2.75) is 19.3 Å². The van der Waals surface area contributed by atoms with E-state index < -0.39 is 18.5 Å². The number of aryl methyl sites for hydroxylation is 1. The first-order chi connectivity index (χ1) is 13.3. The number of aliphatic carboxylic acids is 2. The zero-order valence-corrected chi connectivity index (χ0v) is 16.3. The number of benzene rings is 2. The molecule has 0 radical (unpaired) electrons. The molecule has 3 N–H and O–H groups in total. The number of aromatic nitrogens is 1. The lowest BCUT2D eigenvalue weighted by molar-refractivity contribution is -0.139. The fraction of sp³-hybridized carbons (Fsp3) is 0.200. The quantitative estimate of drug-likeness (QED) is 0.494. The van der Waals surface area contributed by atoms with Crippen LogP contribution >= 0.6 is 23.2 Å². The monoisotopic (exact) mass is 423 g/mol. The van der Waals surface area contributed by atoms with Gasteiger partial charge in [0.1, 0.15) is 5.75 Å². The molecule has 8 heteroatoms. The molecule has 0 spiro atoms. The number of ether oxygens (including phenoxy) is 1. The van der Waals surface area contributed by atoms with Crippen LogP contribution in [-0.4, -0.2) is 33.7 Å². The van der Waals surface area contributed by atoms with Gasteiger partial charge in [0.2, 0.25) is 0 Å². The van der Waals surface area contributed by atoms with Gasteiger partial charge in [0, 0.05) is 22.7 Å². The molecule has 148 valence electrons. The number of aromatic amines is 1. The van der Waals surface area contributed by atoms with Crippen molar-refractivity contribution >= 4 is 46.0 Å². The van der Waals surface area contributed by atoms with Crippen molar-refractivity contribution in [2.75, 3.05) is 6.61 Å². The highest BCUT2D eigenvalue weighted by atomic mass is 35.5. The number of hydrogen-bond donors (Lipinski definition) is 3. The van der Waals surface area contributed by atoms with Gasteiger partial charge in [0.25, 0.3) is 0 Å². The second-order valence-electron chi connectivity index (χ2n) is 5.89. The Morgan fingerprint density at radius 3 is 2.39 bits per heavy atom. The molecule has 2 aromatic carbocycles. The van der Waals surface area contributed by atoms with E-state index in [2.05, 4.69) is 11.1 Å². The number of carboxylic acids is 2. The highest BCUT2D eigenvalue weighted by Gasteiger charge is 2.04. The predicted octanol–water partition coefficient (Wildman–Crippen LogP) is 5.03. The lowest BCUT2D eigenvalue weighted by Gasteiger charge is -2.04. The van der Waals surface area contributed by atoms with Crippen LogP contribution in [0.4, 0.5) is 0 Å². The Balaban J connectivity index is 0.000000203. The number of H-pyrrole nitrogens is 1. The third-order valence-electron chi connectivity index (χ3n) is 3.67. The number of carbonyl (C=O) groups is 2. The van der Waals surface area contributed by atoms with Crippen molar-refractivity contribution in [1.82, 2.24) is 4.98 Å². The molecule has 0 aliphatic heterocycles. The molecular weight excluding hydrogens is 405 g/mol. The van der Waals surface area contributed by atoms with Crippen LogP contribution in [0.25, 0.3) is 10.9 Å². The minimum absolute atomic E-state index is 0.232. The molecule has 6 nitrogen and oxygen atoms in total. The number of rotatable bonds is 7. The third kappa shape index (κ3) is 7.13. The number of halogens is 2. The first-order valence-corrected chi connectivity index (χ1v) is 9.19. The van der Waals surface area contributed by atoms with E-state index in [4.69, 9.17) is 38.2 Å². The Kier molecular flexibility index (Phi) is 8.17. The molecule has 0 aliphatic rings. The summed E-state index contributed by atoms with van der Waals surface area (Å²) in [6.45, 7) is -0.415. The van der Waals surface area contributed by atoms with Crippen LogP contribution in [0.3, 0.4) is 0 Å². The third-order valence-corrected chi connectivity index (χ3v) is 4.20. The summed E-state index contributed by atoms with van der Waals surface area (Å²) in [6, 6.07) is 14.7. The van der Waals surface area contributed by atoms with E-state index >= 15 is 0 Å². The van der Waals surface area contributed by atoms with E-state index in [-0.39, 0.29) is 6.42 Å². The molecule has 1 heterocycles. The Morgan fingerprint density at radius 1 is 1.00 bits per heavy atom. The molecule has 0 atom stereocenters. The Labute approximate surface area is 171 Å². The van der Waals surface area contributed by atoms with Gasteiger partial charge >= 0.3 is 11.9 Å². The van der Waals surface area contributed by atoms with Crippen LogP contribution in [0.1, 0.15) is 18.5 Å². The van der Waals surface area contributed by atoms with Crippen LogP contribution < -0.4 is 4.74 Å². The van der Waals surface area contributed by atoms with Crippen molar-refractivity contribution in [2.24, 2.45) is 0 Å². The van der Waals surface area contributed by atoms with Gasteiger partial charge in [-0.25, -0.2) is 4.79 Å². The maximum absolute atomic E-state index is 10.4. The molecule has 0 aliphatic carbocycles. The molecule has 0 unspecified atom stereocenters. The zero-order valence-electron chi connectivity index (χ0n) is 14.8. The number of hydrogen-bond acceptors (Lipinski definition) is 3. The zero-order chi connectivity index (χ0) is 20.5. The van der Waals surface area contributed by atoms with Crippen molar-refractivity contribution < 1.29 is 24.5 Å². The summed E-state index contributed by atoms with van der Waals surface area (Å²) in [6.07, 6.45) is 1.71. The van der Waals surface area contributed by atoms with E-state index in [1.54, 1.807) is 6.07 Å². The predicted molar refractivity (Wildman–Crippen MR) is 108 cm³/mol. The standard InChI is InChI=1S/C12H13NO2.C8H6Cl2O3/c14-12(15)7-3-5-10-8-9-4-1-2-6-11(9)13-10;9-5-1-2-7(6(10)3-5)13-4-8(11)12/h1-2,4,6,8,13H,3,5,7H2,(H,14,15);1-3H,4H2,(H,11,12). The Hall–Kier alpha value is -2.70. The van der Waals surface area contributed by atoms with E-state index in [0.29, 0.717) is 22.2 Å². The van der Waals surface area contributed by atoms with Gasteiger partial charge in [-0.05, 0) is 48.6 Å². The van der Waals surface area contributed by atoms with Crippen molar-refractivity contribution in [3.05, 3.63) is 64.3 Å². The summed E-state index contributed by atoms with van der Waals surface area (Å²) in [4.78, 5) is 23.8.